The molecule has 0 radical (unpaired) electrons. The van der Waals surface area contributed by atoms with Crippen molar-refractivity contribution in [3.05, 3.63) is 76.4 Å². The molecular weight excluding hydrogens is 364 g/mol. The molecule has 1 aliphatic heterocycles. The number of methoxy groups -OCH3 is 2. The number of amides is 1. The second kappa shape index (κ2) is 7.20. The summed E-state index contributed by atoms with van der Waals surface area (Å²) in [6, 6.07) is 12.6. The molecule has 4 rings (SSSR count). The van der Waals surface area contributed by atoms with E-state index in [4.69, 9.17) is 13.9 Å². The number of thiophene rings is 1. The van der Waals surface area contributed by atoms with Crippen molar-refractivity contribution < 1.29 is 18.7 Å². The number of carbonyl (C=O) groups is 1. The van der Waals surface area contributed by atoms with Crippen LogP contribution in [0.15, 0.2) is 64.6 Å². The summed E-state index contributed by atoms with van der Waals surface area (Å²) in [5.41, 5.74) is 4.99. The van der Waals surface area contributed by atoms with Crippen LogP contribution in [0.25, 0.3) is 5.70 Å². The molecule has 6 nitrogen and oxygen atoms in total. The lowest BCUT2D eigenvalue weighted by Crippen LogP contribution is -2.39. The van der Waals surface area contributed by atoms with Crippen molar-refractivity contribution in [2.75, 3.05) is 14.2 Å². The number of hydrogen-bond acceptors (Lipinski definition) is 6. The van der Waals surface area contributed by atoms with Gasteiger partial charge in [0, 0.05) is 0 Å². The molecule has 0 fully saturated rings. The van der Waals surface area contributed by atoms with Crippen molar-refractivity contribution in [1.29, 1.82) is 0 Å². The number of nitrogens with zero attached hydrogens (tertiary/aromatic N) is 1. The normalized spacial score (nSPS) is 16.0. The van der Waals surface area contributed by atoms with E-state index < -0.39 is 0 Å². The van der Waals surface area contributed by atoms with E-state index in [1.807, 2.05) is 41.8 Å². The van der Waals surface area contributed by atoms with Gasteiger partial charge < -0.3 is 13.9 Å². The van der Waals surface area contributed by atoms with Crippen molar-refractivity contribution in [1.82, 2.24) is 10.4 Å². The fraction of sp³-hybridized carbons (Fsp3) is 0.150. The second-order valence-electron chi connectivity index (χ2n) is 5.88. The Balaban J connectivity index is 1.74. The molecule has 0 saturated heterocycles. The zero-order valence-electron chi connectivity index (χ0n) is 14.8. The molecule has 3 heterocycles. The predicted octanol–water partition coefficient (Wildman–Crippen LogP) is 4.10. The maximum Gasteiger partial charge on any atom is 0.308 e. The van der Waals surface area contributed by atoms with E-state index in [1.165, 1.54) is 6.26 Å². The molecule has 0 aliphatic carbocycles. The SMILES string of the molecule is COc1ccc(C2C=C(c3cccs3)NN2C(=O)c2ccco2)cc1OC. The summed E-state index contributed by atoms with van der Waals surface area (Å²) in [7, 11) is 3.18. The molecule has 1 aromatic carbocycles. The summed E-state index contributed by atoms with van der Waals surface area (Å²) in [5.74, 6) is 1.27. The fourth-order valence-corrected chi connectivity index (χ4v) is 3.72. The molecule has 138 valence electrons. The van der Waals surface area contributed by atoms with E-state index in [1.54, 1.807) is 42.7 Å². The summed E-state index contributed by atoms with van der Waals surface area (Å²) in [6.45, 7) is 0. The average molecular weight is 382 g/mol. The van der Waals surface area contributed by atoms with Crippen LogP contribution in [-0.2, 0) is 0 Å². The van der Waals surface area contributed by atoms with Gasteiger partial charge in [0.25, 0.3) is 0 Å². The lowest BCUT2D eigenvalue weighted by atomic mass is 10.0. The van der Waals surface area contributed by atoms with Gasteiger partial charge >= 0.3 is 5.91 Å². The first-order valence-electron chi connectivity index (χ1n) is 8.32. The van der Waals surface area contributed by atoms with Crippen LogP contribution in [0.1, 0.15) is 27.0 Å². The highest BCUT2D eigenvalue weighted by Crippen LogP contribution is 2.37. The highest BCUT2D eigenvalue weighted by Gasteiger charge is 2.33. The Labute approximate surface area is 160 Å². The molecule has 7 heteroatoms. The van der Waals surface area contributed by atoms with Gasteiger partial charge in [0.1, 0.15) is 0 Å². The van der Waals surface area contributed by atoms with E-state index in [2.05, 4.69) is 5.43 Å². The molecule has 1 amide bonds. The highest BCUT2D eigenvalue weighted by atomic mass is 32.1. The fourth-order valence-electron chi connectivity index (χ4n) is 3.02. The van der Waals surface area contributed by atoms with Crippen LogP contribution >= 0.6 is 11.3 Å². The molecule has 0 spiro atoms. The van der Waals surface area contributed by atoms with E-state index in [0.717, 1.165) is 16.1 Å². The second-order valence-corrected chi connectivity index (χ2v) is 6.83. The molecule has 0 bridgehead atoms. The zero-order chi connectivity index (χ0) is 18.8. The van der Waals surface area contributed by atoms with Crippen LogP contribution in [0.3, 0.4) is 0 Å². The summed E-state index contributed by atoms with van der Waals surface area (Å²) in [5, 5.41) is 3.56. The lowest BCUT2D eigenvalue weighted by molar-refractivity contribution is 0.0639. The van der Waals surface area contributed by atoms with E-state index >= 15 is 0 Å². The molecule has 1 N–H and O–H groups in total. The molecular formula is C20H18N2O4S. The minimum Gasteiger partial charge on any atom is -0.493 e. The average Bonchev–Trinajstić information content (AvgIpc) is 3.47. The van der Waals surface area contributed by atoms with E-state index in [-0.39, 0.29) is 17.7 Å². The Morgan fingerprint density at radius 1 is 1.15 bits per heavy atom. The van der Waals surface area contributed by atoms with Crippen LogP contribution in [-0.4, -0.2) is 25.1 Å². The van der Waals surface area contributed by atoms with E-state index in [0.29, 0.717) is 11.5 Å². The monoisotopic (exact) mass is 382 g/mol. The number of rotatable bonds is 5. The molecule has 0 saturated carbocycles. The predicted molar refractivity (Wildman–Crippen MR) is 103 cm³/mol. The third-order valence-corrected chi connectivity index (χ3v) is 5.23. The Hall–Kier alpha value is -3.19. The minimum absolute atomic E-state index is 0.248. The number of carbonyl (C=O) groups excluding carboxylic acids is 1. The van der Waals surface area contributed by atoms with Gasteiger partial charge in [0.2, 0.25) is 0 Å². The minimum atomic E-state index is -0.320. The number of hydrazine groups is 1. The Morgan fingerprint density at radius 3 is 2.67 bits per heavy atom. The van der Waals surface area contributed by atoms with Crippen molar-refractivity contribution >= 4 is 22.9 Å². The molecule has 27 heavy (non-hydrogen) atoms. The van der Waals surface area contributed by atoms with Crippen LogP contribution in [0.2, 0.25) is 0 Å². The largest absolute Gasteiger partial charge is 0.493 e. The Kier molecular flexibility index (Phi) is 4.60. The zero-order valence-corrected chi connectivity index (χ0v) is 15.7. The van der Waals surface area contributed by atoms with Crippen molar-refractivity contribution in [2.45, 2.75) is 6.04 Å². The molecule has 2 aromatic heterocycles. The van der Waals surface area contributed by atoms with Crippen LogP contribution in [0.4, 0.5) is 0 Å². The summed E-state index contributed by atoms with van der Waals surface area (Å²) >= 11 is 1.61. The topological polar surface area (TPSA) is 63.9 Å². The van der Waals surface area contributed by atoms with Gasteiger partial charge in [-0.05, 0) is 47.4 Å². The van der Waals surface area contributed by atoms with Crippen molar-refractivity contribution in [2.24, 2.45) is 0 Å². The Morgan fingerprint density at radius 2 is 2.00 bits per heavy atom. The highest BCUT2D eigenvalue weighted by molar-refractivity contribution is 7.11. The number of ether oxygens (including phenoxy) is 2. The van der Waals surface area contributed by atoms with Crippen LogP contribution in [0.5, 0.6) is 11.5 Å². The summed E-state index contributed by atoms with van der Waals surface area (Å²) in [4.78, 5) is 14.0. The number of hydrogen-bond donors (Lipinski definition) is 1. The standard InChI is InChI=1S/C20H18N2O4S/c1-24-16-8-7-13(11-18(16)25-2)15-12-14(19-6-4-10-27-19)21-22(15)20(23)17-5-3-9-26-17/h3-12,15,21H,1-2H3. The van der Waals surface area contributed by atoms with Gasteiger partial charge in [-0.1, -0.05) is 12.1 Å². The molecule has 1 unspecified atom stereocenters. The molecule has 3 aromatic rings. The van der Waals surface area contributed by atoms with Gasteiger partial charge in [-0.15, -0.1) is 11.3 Å². The maximum absolute atomic E-state index is 13.0. The van der Waals surface area contributed by atoms with Crippen molar-refractivity contribution in [3.63, 3.8) is 0 Å². The van der Waals surface area contributed by atoms with E-state index in [9.17, 15) is 4.79 Å². The first-order chi connectivity index (χ1) is 13.2. The first kappa shape index (κ1) is 17.2. The van der Waals surface area contributed by atoms with Gasteiger partial charge in [0.05, 0.1) is 37.1 Å². The van der Waals surface area contributed by atoms with Crippen LogP contribution in [0, 0.1) is 0 Å². The lowest BCUT2D eigenvalue weighted by Gasteiger charge is -2.25. The first-order valence-corrected chi connectivity index (χ1v) is 9.20. The summed E-state index contributed by atoms with van der Waals surface area (Å²) in [6.07, 6.45) is 3.51. The Bertz CT molecular complexity index is 964. The maximum atomic E-state index is 13.0. The number of nitrogens with one attached hydrogen (secondary N) is 1. The van der Waals surface area contributed by atoms with Crippen LogP contribution < -0.4 is 14.9 Å². The molecule has 1 aliphatic rings. The number of benzene rings is 1. The quantitative estimate of drug-likeness (QED) is 0.720. The van der Waals surface area contributed by atoms with Gasteiger partial charge in [-0.2, -0.15) is 0 Å². The molecule has 1 atom stereocenters. The smallest absolute Gasteiger partial charge is 0.308 e. The van der Waals surface area contributed by atoms with Gasteiger partial charge in [-0.25, -0.2) is 5.01 Å². The third kappa shape index (κ3) is 3.17. The number of furan rings is 1. The van der Waals surface area contributed by atoms with Gasteiger partial charge in [0.15, 0.2) is 17.3 Å². The van der Waals surface area contributed by atoms with Crippen molar-refractivity contribution in [3.8, 4) is 11.5 Å². The van der Waals surface area contributed by atoms with Gasteiger partial charge in [-0.3, -0.25) is 10.2 Å². The third-order valence-electron chi connectivity index (χ3n) is 4.33. The summed E-state index contributed by atoms with van der Waals surface area (Å²) < 4.78 is 16.0.